The zero-order chi connectivity index (χ0) is 21.9. The predicted octanol–water partition coefficient (Wildman–Crippen LogP) is 5.39. The molecule has 0 heterocycles. The minimum atomic E-state index is 0.214. The van der Waals surface area contributed by atoms with Crippen molar-refractivity contribution < 1.29 is 9.84 Å². The van der Waals surface area contributed by atoms with Crippen LogP contribution in [0.4, 0.5) is 0 Å². The fourth-order valence-corrected chi connectivity index (χ4v) is 3.11. The Labute approximate surface area is 185 Å². The van der Waals surface area contributed by atoms with Crippen molar-refractivity contribution in [3.8, 4) is 0 Å². The van der Waals surface area contributed by atoms with Gasteiger partial charge in [0.05, 0.1) is 6.61 Å². The number of ether oxygens (including phenoxy) is 1. The first-order chi connectivity index (χ1) is 13.9. The first-order valence-electron chi connectivity index (χ1n) is 11.1. The van der Waals surface area contributed by atoms with E-state index in [1.54, 1.807) is 0 Å². The van der Waals surface area contributed by atoms with Gasteiger partial charge in [0.1, 0.15) is 6.61 Å². The van der Waals surface area contributed by atoms with E-state index in [4.69, 9.17) is 22.1 Å². The van der Waals surface area contributed by atoms with Gasteiger partial charge >= 0.3 is 0 Å². The maximum atomic E-state index is 9.07. The molecule has 0 rings (SSSR count). The molecular formula is C24H44N2O2S. The first-order valence-corrected chi connectivity index (χ1v) is 11.5. The molecule has 0 bridgehead atoms. The molecule has 0 fully saturated rings. The van der Waals surface area contributed by atoms with Crippen molar-refractivity contribution in [2.24, 2.45) is 0 Å². The Hall–Kier alpha value is -1.17. The lowest BCUT2D eigenvalue weighted by Gasteiger charge is -2.20. The number of aliphatic hydroxyl groups excluding tert-OH is 1. The van der Waals surface area contributed by atoms with Gasteiger partial charge in [0.25, 0.3) is 5.17 Å². The third-order valence-corrected chi connectivity index (χ3v) is 4.91. The second-order valence-electron chi connectivity index (χ2n) is 7.90. The maximum Gasteiger partial charge on any atom is 0.256 e. The molecule has 0 saturated heterocycles. The minimum absolute atomic E-state index is 0.214. The lowest BCUT2D eigenvalue weighted by atomic mass is 10.1. The van der Waals surface area contributed by atoms with E-state index in [0.29, 0.717) is 11.8 Å². The number of nitrogens with zero attached hydrogens (tertiary/aromatic N) is 1. The minimum Gasteiger partial charge on any atom is -0.467 e. The van der Waals surface area contributed by atoms with E-state index in [0.717, 1.165) is 64.7 Å². The molecule has 0 aromatic rings. The van der Waals surface area contributed by atoms with E-state index < -0.39 is 0 Å². The van der Waals surface area contributed by atoms with Gasteiger partial charge in [-0.2, -0.15) is 0 Å². The highest BCUT2D eigenvalue weighted by atomic mass is 32.1. The summed E-state index contributed by atoms with van der Waals surface area (Å²) in [5.41, 5.74) is 4.19. The predicted molar refractivity (Wildman–Crippen MR) is 130 cm³/mol. The van der Waals surface area contributed by atoms with Crippen LogP contribution in [0.5, 0.6) is 0 Å². The van der Waals surface area contributed by atoms with Crippen LogP contribution in [0.15, 0.2) is 34.9 Å². The highest BCUT2D eigenvalue weighted by Crippen LogP contribution is 2.11. The van der Waals surface area contributed by atoms with Crippen LogP contribution in [0.1, 0.15) is 73.1 Å². The van der Waals surface area contributed by atoms with Gasteiger partial charge in [0.2, 0.25) is 0 Å². The number of aliphatic hydroxyl groups is 1. The van der Waals surface area contributed by atoms with E-state index in [9.17, 15) is 0 Å². The summed E-state index contributed by atoms with van der Waals surface area (Å²) < 4.78 is 5.59. The maximum absolute atomic E-state index is 9.07. The molecule has 4 nitrogen and oxygen atoms in total. The van der Waals surface area contributed by atoms with Gasteiger partial charge in [-0.3, -0.25) is 0 Å². The fraction of sp³-hybridized carbons (Fsp3) is 0.708. The lowest BCUT2D eigenvalue weighted by Crippen LogP contribution is -2.32. The normalized spacial score (nSPS) is 12.2. The van der Waals surface area contributed by atoms with Crippen molar-refractivity contribution in [2.45, 2.75) is 73.1 Å². The molecule has 168 valence electrons. The Balaban J connectivity index is 3.89. The lowest BCUT2D eigenvalue weighted by molar-refractivity contribution is 0.194. The first kappa shape index (κ1) is 27.8. The van der Waals surface area contributed by atoms with Crippen LogP contribution in [0.25, 0.3) is 0 Å². The number of hydrogen-bond donors (Lipinski definition) is 2. The zero-order valence-corrected chi connectivity index (χ0v) is 20.2. The molecule has 2 N–H and O–H groups in total. The van der Waals surface area contributed by atoms with E-state index in [2.05, 4.69) is 63.1 Å². The van der Waals surface area contributed by atoms with Crippen LogP contribution in [0, 0.1) is 0 Å². The summed E-state index contributed by atoms with van der Waals surface area (Å²) in [6.45, 7) is 15.1. The van der Waals surface area contributed by atoms with Crippen LogP contribution in [0.3, 0.4) is 0 Å². The van der Waals surface area contributed by atoms with Crippen LogP contribution in [-0.2, 0) is 4.74 Å². The van der Waals surface area contributed by atoms with E-state index in [1.807, 2.05) is 0 Å². The average Bonchev–Trinajstić information content (AvgIpc) is 2.65. The summed E-state index contributed by atoms with van der Waals surface area (Å²) in [6.07, 6.45) is 13.3. The topological polar surface area (TPSA) is 44.7 Å². The van der Waals surface area contributed by atoms with Gasteiger partial charge in [0, 0.05) is 13.1 Å². The summed E-state index contributed by atoms with van der Waals surface area (Å²) in [6, 6.07) is 0. The van der Waals surface area contributed by atoms with Crippen LogP contribution in [0.2, 0.25) is 0 Å². The number of allylic oxidation sites excluding steroid dienone is 5. The molecule has 29 heavy (non-hydrogen) atoms. The Morgan fingerprint density at radius 1 is 0.966 bits per heavy atom. The number of hydrogen-bond acceptors (Lipinski definition) is 4. The van der Waals surface area contributed by atoms with E-state index in [-0.39, 0.29) is 6.61 Å². The molecule has 0 aliphatic carbocycles. The van der Waals surface area contributed by atoms with E-state index in [1.165, 1.54) is 16.7 Å². The second-order valence-corrected chi connectivity index (χ2v) is 8.27. The van der Waals surface area contributed by atoms with Crippen molar-refractivity contribution in [2.75, 3.05) is 39.4 Å². The number of rotatable bonds is 16. The highest BCUT2D eigenvalue weighted by Gasteiger charge is 2.03. The molecule has 0 aliphatic rings. The molecule has 5 heteroatoms. The third-order valence-electron chi connectivity index (χ3n) is 4.65. The van der Waals surface area contributed by atoms with E-state index >= 15 is 0 Å². The number of nitrogens with one attached hydrogen (secondary N) is 1. The molecule has 0 radical (unpaired) electrons. The van der Waals surface area contributed by atoms with Gasteiger partial charge in [-0.1, -0.05) is 35.8 Å². The molecule has 0 atom stereocenters. The van der Waals surface area contributed by atoms with Crippen LogP contribution in [-0.4, -0.2) is 54.6 Å². The monoisotopic (exact) mass is 424 g/mol. The molecule has 0 aromatic heterocycles. The molecule has 0 unspecified atom stereocenters. The number of thiocarbonyl (C=S) groups is 1. The Kier molecular flexibility index (Phi) is 18.1. The molecular weight excluding hydrogens is 380 g/mol. The third kappa shape index (κ3) is 18.6. The van der Waals surface area contributed by atoms with Crippen molar-refractivity contribution in [3.63, 3.8) is 0 Å². The van der Waals surface area contributed by atoms with Crippen molar-refractivity contribution >= 4 is 17.4 Å². The van der Waals surface area contributed by atoms with Crippen LogP contribution >= 0.6 is 12.2 Å². The standard InChI is InChI=1S/C24H44N2O2S/c1-6-16-26(18-19-27)17-9-15-25-24(29)28-20-14-23(5)13-8-12-22(4)11-7-10-21(2)3/h10,12,14,27H,6-9,11,13,15-20H2,1-5H3,(H,25,29)/b22-12+,23-14+. The fourth-order valence-electron chi connectivity index (χ4n) is 2.94. The molecule has 0 spiro atoms. The quantitative estimate of drug-likeness (QED) is 0.198. The summed E-state index contributed by atoms with van der Waals surface area (Å²) >= 11 is 5.24. The summed E-state index contributed by atoms with van der Waals surface area (Å²) in [5, 5.41) is 12.7. The second kappa shape index (κ2) is 18.8. The highest BCUT2D eigenvalue weighted by molar-refractivity contribution is 7.80. The Morgan fingerprint density at radius 2 is 1.62 bits per heavy atom. The largest absolute Gasteiger partial charge is 0.467 e. The smallest absolute Gasteiger partial charge is 0.256 e. The molecule has 0 amide bonds. The van der Waals surface area contributed by atoms with Crippen molar-refractivity contribution in [3.05, 3.63) is 34.9 Å². The van der Waals surface area contributed by atoms with Gasteiger partial charge in [0.15, 0.2) is 0 Å². The average molecular weight is 425 g/mol. The van der Waals surface area contributed by atoms with Gasteiger partial charge in [-0.15, -0.1) is 0 Å². The van der Waals surface area contributed by atoms with Gasteiger partial charge in [-0.05, 0) is 97.6 Å². The SMILES string of the molecule is CCCN(CCO)CCCNC(=S)OC/C=C(\C)CC/C=C(\C)CCC=C(C)C. The van der Waals surface area contributed by atoms with Crippen molar-refractivity contribution in [1.82, 2.24) is 10.2 Å². The van der Waals surface area contributed by atoms with Gasteiger partial charge < -0.3 is 20.1 Å². The summed E-state index contributed by atoms with van der Waals surface area (Å²) in [7, 11) is 0. The molecule has 0 aliphatic heterocycles. The van der Waals surface area contributed by atoms with Crippen LogP contribution < -0.4 is 5.32 Å². The Bertz CT molecular complexity index is 517. The zero-order valence-electron chi connectivity index (χ0n) is 19.4. The Morgan fingerprint density at radius 3 is 2.24 bits per heavy atom. The summed E-state index contributed by atoms with van der Waals surface area (Å²) in [5.74, 6) is 0. The van der Waals surface area contributed by atoms with Gasteiger partial charge in [-0.25, -0.2) is 0 Å². The van der Waals surface area contributed by atoms with Crippen molar-refractivity contribution in [1.29, 1.82) is 0 Å². The summed E-state index contributed by atoms with van der Waals surface area (Å²) in [4.78, 5) is 2.27. The molecule has 0 aromatic carbocycles. The molecule has 0 saturated carbocycles.